The van der Waals surface area contributed by atoms with Gasteiger partial charge in [-0.1, -0.05) is 6.42 Å². The van der Waals surface area contributed by atoms with Crippen LogP contribution in [0.3, 0.4) is 0 Å². The van der Waals surface area contributed by atoms with Crippen LogP contribution in [0, 0.1) is 5.82 Å². The van der Waals surface area contributed by atoms with Crippen molar-refractivity contribution in [1.82, 2.24) is 10.2 Å². The number of likely N-dealkylation sites (tertiary alicyclic amines) is 1. The molecule has 1 atom stereocenters. The first-order valence-corrected chi connectivity index (χ1v) is 8.02. The number of nitrogens with one attached hydrogen (secondary N) is 1. The molecule has 3 nitrogen and oxygen atoms in total. The summed E-state index contributed by atoms with van der Waals surface area (Å²) in [5.74, 6) is -0.126. The molecule has 3 rings (SSSR count). The molecule has 1 aromatic rings. The second-order valence-electron chi connectivity index (χ2n) is 6.10. The number of halogens is 1. The van der Waals surface area contributed by atoms with Crippen LogP contribution in [-0.2, 0) is 0 Å². The van der Waals surface area contributed by atoms with Gasteiger partial charge in [-0.25, -0.2) is 4.39 Å². The molecular formula is C17H23FN2O. The monoisotopic (exact) mass is 290 g/mol. The molecule has 0 aromatic heterocycles. The summed E-state index contributed by atoms with van der Waals surface area (Å²) >= 11 is 0. The summed E-state index contributed by atoms with van der Waals surface area (Å²) in [5, 5.41) is 3.38. The minimum absolute atomic E-state index is 0.0210. The normalized spacial score (nSPS) is 24.9. The van der Waals surface area contributed by atoms with Gasteiger partial charge in [0.2, 0.25) is 0 Å². The molecule has 2 fully saturated rings. The molecule has 2 aliphatic heterocycles. The predicted octanol–water partition coefficient (Wildman–Crippen LogP) is 2.61. The van der Waals surface area contributed by atoms with E-state index in [2.05, 4.69) is 10.2 Å². The fourth-order valence-corrected chi connectivity index (χ4v) is 3.62. The molecule has 1 unspecified atom stereocenters. The number of Topliss-reactive ketones (excluding diaryl/α,β-unsaturated/α-hetero) is 1. The van der Waals surface area contributed by atoms with Crippen LogP contribution in [0.2, 0.25) is 0 Å². The first kappa shape index (κ1) is 14.7. The fourth-order valence-electron chi connectivity index (χ4n) is 3.62. The molecule has 114 valence electrons. The molecule has 2 aliphatic rings. The molecule has 4 heteroatoms. The van der Waals surface area contributed by atoms with Gasteiger partial charge in [0.25, 0.3) is 0 Å². The van der Waals surface area contributed by atoms with E-state index in [0.717, 1.165) is 45.3 Å². The van der Waals surface area contributed by atoms with E-state index < -0.39 is 0 Å². The second-order valence-corrected chi connectivity index (χ2v) is 6.10. The quantitative estimate of drug-likeness (QED) is 0.869. The third-order valence-corrected chi connectivity index (χ3v) is 4.75. The van der Waals surface area contributed by atoms with Crippen molar-refractivity contribution in [3.63, 3.8) is 0 Å². The van der Waals surface area contributed by atoms with Crippen LogP contribution in [0.4, 0.5) is 4.39 Å². The second kappa shape index (κ2) is 6.67. The third-order valence-electron chi connectivity index (χ3n) is 4.75. The molecule has 21 heavy (non-hydrogen) atoms. The number of carbonyl (C=O) groups excluding carboxylic acids is 1. The summed E-state index contributed by atoms with van der Waals surface area (Å²) in [6, 6.07) is 6.49. The van der Waals surface area contributed by atoms with E-state index >= 15 is 0 Å². The molecule has 0 amide bonds. The molecule has 1 N–H and O–H groups in total. The number of piperidine rings is 2. The largest absolute Gasteiger partial charge is 0.317 e. The van der Waals surface area contributed by atoms with Gasteiger partial charge in [-0.05, 0) is 69.6 Å². The van der Waals surface area contributed by atoms with E-state index in [9.17, 15) is 9.18 Å². The minimum atomic E-state index is -0.287. The zero-order valence-corrected chi connectivity index (χ0v) is 12.4. The lowest BCUT2D eigenvalue weighted by Crippen LogP contribution is -2.53. The van der Waals surface area contributed by atoms with Gasteiger partial charge in [0.15, 0.2) is 5.78 Å². The van der Waals surface area contributed by atoms with E-state index in [1.165, 1.54) is 18.6 Å². The van der Waals surface area contributed by atoms with Gasteiger partial charge in [0.1, 0.15) is 5.82 Å². The van der Waals surface area contributed by atoms with E-state index in [1.54, 1.807) is 12.1 Å². The number of carbonyl (C=O) groups is 1. The van der Waals surface area contributed by atoms with Crippen molar-refractivity contribution >= 4 is 5.78 Å². The van der Waals surface area contributed by atoms with E-state index in [-0.39, 0.29) is 17.6 Å². The van der Waals surface area contributed by atoms with Crippen molar-refractivity contribution in [3.05, 3.63) is 35.6 Å². The Bertz CT molecular complexity index is 482. The highest BCUT2D eigenvalue weighted by atomic mass is 19.1. The highest BCUT2D eigenvalue weighted by Gasteiger charge is 2.34. The van der Waals surface area contributed by atoms with Crippen molar-refractivity contribution in [2.45, 2.75) is 44.2 Å². The minimum Gasteiger partial charge on any atom is -0.317 e. The maximum atomic E-state index is 13.0. The molecule has 0 radical (unpaired) electrons. The summed E-state index contributed by atoms with van der Waals surface area (Å²) in [4.78, 5) is 15.2. The predicted molar refractivity (Wildman–Crippen MR) is 81.0 cm³/mol. The highest BCUT2D eigenvalue weighted by molar-refractivity contribution is 6.00. The van der Waals surface area contributed by atoms with E-state index in [4.69, 9.17) is 0 Å². The Kier molecular flexibility index (Phi) is 4.66. The Morgan fingerprint density at radius 1 is 1.10 bits per heavy atom. The van der Waals surface area contributed by atoms with E-state index in [0.29, 0.717) is 11.6 Å². The summed E-state index contributed by atoms with van der Waals surface area (Å²) in [6.45, 7) is 3.10. The first-order chi connectivity index (χ1) is 10.3. The average Bonchev–Trinajstić information content (AvgIpc) is 2.56. The van der Waals surface area contributed by atoms with Gasteiger partial charge < -0.3 is 5.32 Å². The molecule has 1 aromatic carbocycles. The summed E-state index contributed by atoms with van der Waals surface area (Å²) in [5.41, 5.74) is 0.641. The number of nitrogens with zero attached hydrogens (tertiary/aromatic N) is 1. The van der Waals surface area contributed by atoms with Crippen molar-refractivity contribution < 1.29 is 9.18 Å². The summed E-state index contributed by atoms with van der Waals surface area (Å²) in [6.07, 6.45) is 5.46. The Morgan fingerprint density at radius 3 is 2.52 bits per heavy atom. The number of benzene rings is 1. The number of ketones is 1. The zero-order chi connectivity index (χ0) is 14.7. The van der Waals surface area contributed by atoms with Crippen LogP contribution in [0.1, 0.15) is 42.5 Å². The number of rotatable bonds is 3. The molecule has 0 saturated carbocycles. The first-order valence-electron chi connectivity index (χ1n) is 8.02. The maximum absolute atomic E-state index is 13.0. The van der Waals surface area contributed by atoms with E-state index in [1.807, 2.05) is 0 Å². The summed E-state index contributed by atoms with van der Waals surface area (Å²) < 4.78 is 13.0. The summed E-state index contributed by atoms with van der Waals surface area (Å²) in [7, 11) is 0. The SMILES string of the molecule is O=C(c1ccc(F)cc1)C1CCCCN1C1CCNCC1. The van der Waals surface area contributed by atoms with Gasteiger partial charge in [0, 0.05) is 11.6 Å². The molecule has 0 spiro atoms. The maximum Gasteiger partial charge on any atom is 0.179 e. The number of hydrogen-bond donors (Lipinski definition) is 1. The third kappa shape index (κ3) is 3.33. The topological polar surface area (TPSA) is 32.3 Å². The molecule has 0 aliphatic carbocycles. The lowest BCUT2D eigenvalue weighted by atomic mass is 9.91. The fraction of sp³-hybridized carbons (Fsp3) is 0.588. The van der Waals surface area contributed by atoms with Gasteiger partial charge >= 0.3 is 0 Å². The highest BCUT2D eigenvalue weighted by Crippen LogP contribution is 2.26. The van der Waals surface area contributed by atoms with Crippen molar-refractivity contribution in [2.24, 2.45) is 0 Å². The van der Waals surface area contributed by atoms with Crippen LogP contribution < -0.4 is 5.32 Å². The molecule has 2 saturated heterocycles. The Balaban J connectivity index is 1.76. The Morgan fingerprint density at radius 2 is 1.81 bits per heavy atom. The van der Waals surface area contributed by atoms with Gasteiger partial charge in [-0.15, -0.1) is 0 Å². The smallest absolute Gasteiger partial charge is 0.179 e. The molecule has 0 bridgehead atoms. The van der Waals surface area contributed by atoms with Gasteiger partial charge in [-0.2, -0.15) is 0 Å². The molecular weight excluding hydrogens is 267 g/mol. The zero-order valence-electron chi connectivity index (χ0n) is 12.4. The average molecular weight is 290 g/mol. The van der Waals surface area contributed by atoms with Gasteiger partial charge in [0.05, 0.1) is 6.04 Å². The van der Waals surface area contributed by atoms with Crippen LogP contribution in [0.5, 0.6) is 0 Å². The van der Waals surface area contributed by atoms with Crippen LogP contribution in [-0.4, -0.2) is 42.4 Å². The standard InChI is InChI=1S/C17H23FN2O/c18-14-6-4-13(5-7-14)17(21)16-3-1-2-12-20(16)15-8-10-19-11-9-15/h4-7,15-16,19H,1-3,8-12H2. The van der Waals surface area contributed by atoms with Crippen LogP contribution in [0.15, 0.2) is 24.3 Å². The van der Waals surface area contributed by atoms with Crippen molar-refractivity contribution in [3.8, 4) is 0 Å². The van der Waals surface area contributed by atoms with Crippen molar-refractivity contribution in [2.75, 3.05) is 19.6 Å². The lowest BCUT2D eigenvalue weighted by Gasteiger charge is -2.42. The van der Waals surface area contributed by atoms with Crippen molar-refractivity contribution in [1.29, 1.82) is 0 Å². The molecule has 2 heterocycles. The van der Waals surface area contributed by atoms with Gasteiger partial charge in [-0.3, -0.25) is 9.69 Å². The number of hydrogen-bond acceptors (Lipinski definition) is 3. The van der Waals surface area contributed by atoms with Crippen LogP contribution in [0.25, 0.3) is 0 Å². The Labute approximate surface area is 125 Å². The lowest BCUT2D eigenvalue weighted by molar-refractivity contribution is 0.0549. The van der Waals surface area contributed by atoms with Crippen LogP contribution >= 0.6 is 0 Å². The Hall–Kier alpha value is -1.26.